The number of ether oxygens (including phenoxy) is 1. The van der Waals surface area contributed by atoms with Crippen LogP contribution in [0.2, 0.25) is 0 Å². The third-order valence-electron chi connectivity index (χ3n) is 5.45. The van der Waals surface area contributed by atoms with Crippen molar-refractivity contribution in [1.82, 2.24) is 4.90 Å². The van der Waals surface area contributed by atoms with Crippen LogP contribution in [0, 0.1) is 0 Å². The Morgan fingerprint density at radius 2 is 2.03 bits per heavy atom. The number of carboxylic acids is 1. The summed E-state index contributed by atoms with van der Waals surface area (Å²) in [5.74, 6) is -0.585. The van der Waals surface area contributed by atoms with Crippen LogP contribution >= 0.6 is 0 Å². The van der Waals surface area contributed by atoms with Gasteiger partial charge in [-0.1, -0.05) is 49.3 Å². The maximum absolute atomic E-state index is 12.4. The second-order valence-electron chi connectivity index (χ2n) is 8.01. The molecule has 0 aromatic heterocycles. The van der Waals surface area contributed by atoms with Crippen molar-refractivity contribution in [2.75, 3.05) is 13.7 Å². The summed E-state index contributed by atoms with van der Waals surface area (Å²) in [6.07, 6.45) is 9.65. The molecule has 1 fully saturated rings. The van der Waals surface area contributed by atoms with Gasteiger partial charge in [-0.3, -0.25) is 9.59 Å². The van der Waals surface area contributed by atoms with Crippen LogP contribution in [0.4, 0.5) is 0 Å². The lowest BCUT2D eigenvalue weighted by atomic mass is 9.98. The van der Waals surface area contributed by atoms with E-state index in [-0.39, 0.29) is 18.4 Å². The van der Waals surface area contributed by atoms with E-state index in [0.717, 1.165) is 43.2 Å². The molecule has 6 nitrogen and oxygen atoms in total. The number of nitrogens with zero attached hydrogens (tertiary/aromatic N) is 1. The smallest absolute Gasteiger partial charge is 0.303 e. The van der Waals surface area contributed by atoms with Crippen LogP contribution in [0.5, 0.6) is 0 Å². The second-order valence-corrected chi connectivity index (χ2v) is 8.01. The fraction of sp³-hybridized carbons (Fsp3) is 0.583. The molecule has 1 saturated heterocycles. The van der Waals surface area contributed by atoms with Crippen LogP contribution in [0.15, 0.2) is 36.4 Å². The Bertz CT molecular complexity index is 703. The van der Waals surface area contributed by atoms with Crippen molar-refractivity contribution >= 4 is 11.9 Å². The molecule has 2 rings (SSSR count). The highest BCUT2D eigenvalue weighted by molar-refractivity contribution is 5.77. The average Bonchev–Trinajstić information content (AvgIpc) is 2.70. The SMILES string of the molecule is COCc1cccc(C[C@H](O)C=C[C@H]2CCCC(=O)N2CCCCCCC(=O)O)c1. The van der Waals surface area contributed by atoms with E-state index in [2.05, 4.69) is 0 Å². The van der Waals surface area contributed by atoms with Crippen molar-refractivity contribution in [2.45, 2.75) is 76.5 Å². The molecular weight excluding hydrogens is 382 g/mol. The minimum Gasteiger partial charge on any atom is -0.481 e. The zero-order valence-corrected chi connectivity index (χ0v) is 18.0. The van der Waals surface area contributed by atoms with Crippen LogP contribution in [0.1, 0.15) is 62.5 Å². The maximum Gasteiger partial charge on any atom is 0.303 e. The first kappa shape index (κ1) is 24.1. The summed E-state index contributed by atoms with van der Waals surface area (Å²) in [7, 11) is 1.66. The molecule has 1 amide bonds. The average molecular weight is 418 g/mol. The molecule has 0 aliphatic carbocycles. The highest BCUT2D eigenvalue weighted by Crippen LogP contribution is 2.21. The van der Waals surface area contributed by atoms with Gasteiger partial charge in [-0.05, 0) is 36.8 Å². The van der Waals surface area contributed by atoms with Gasteiger partial charge in [-0.25, -0.2) is 0 Å². The Kier molecular flexibility index (Phi) is 10.6. The minimum absolute atomic E-state index is 0.0275. The summed E-state index contributed by atoms with van der Waals surface area (Å²) in [6.45, 7) is 1.24. The van der Waals surface area contributed by atoms with Crippen molar-refractivity contribution in [2.24, 2.45) is 0 Å². The predicted molar refractivity (Wildman–Crippen MR) is 116 cm³/mol. The molecule has 1 aliphatic rings. The van der Waals surface area contributed by atoms with Gasteiger partial charge in [0.1, 0.15) is 0 Å². The lowest BCUT2D eigenvalue weighted by molar-refractivity contribution is -0.137. The monoisotopic (exact) mass is 417 g/mol. The van der Waals surface area contributed by atoms with Gasteiger partial charge in [0.2, 0.25) is 5.91 Å². The van der Waals surface area contributed by atoms with Crippen LogP contribution in [-0.4, -0.2) is 52.8 Å². The first-order chi connectivity index (χ1) is 14.5. The highest BCUT2D eigenvalue weighted by Gasteiger charge is 2.25. The van der Waals surface area contributed by atoms with Crippen molar-refractivity contribution in [3.8, 4) is 0 Å². The van der Waals surface area contributed by atoms with Gasteiger partial charge < -0.3 is 19.8 Å². The number of amides is 1. The first-order valence-corrected chi connectivity index (χ1v) is 10.9. The Hall–Kier alpha value is -2.18. The number of rotatable bonds is 13. The third kappa shape index (κ3) is 8.67. The molecule has 30 heavy (non-hydrogen) atoms. The molecule has 0 saturated carbocycles. The van der Waals surface area contributed by atoms with Gasteiger partial charge >= 0.3 is 5.97 Å². The zero-order chi connectivity index (χ0) is 21.8. The van der Waals surface area contributed by atoms with Gasteiger partial charge in [0.15, 0.2) is 0 Å². The minimum atomic E-state index is -0.754. The number of piperidine rings is 1. The number of methoxy groups -OCH3 is 1. The summed E-state index contributed by atoms with van der Waals surface area (Å²) < 4.78 is 5.16. The number of hydrogen-bond donors (Lipinski definition) is 2. The predicted octanol–water partition coefficient (Wildman–Crippen LogP) is 3.71. The van der Waals surface area contributed by atoms with Crippen molar-refractivity contribution in [1.29, 1.82) is 0 Å². The number of aliphatic carboxylic acids is 1. The molecule has 1 aromatic rings. The van der Waals surface area contributed by atoms with Crippen molar-refractivity contribution in [3.63, 3.8) is 0 Å². The fourth-order valence-electron chi connectivity index (χ4n) is 3.93. The Labute approximate surface area is 179 Å². The topological polar surface area (TPSA) is 87.1 Å². The molecule has 2 N–H and O–H groups in total. The lowest BCUT2D eigenvalue weighted by Gasteiger charge is -2.34. The number of carboxylic acid groups (broad SMARTS) is 1. The van der Waals surface area contributed by atoms with E-state index in [1.165, 1.54) is 0 Å². The van der Waals surface area contributed by atoms with E-state index in [4.69, 9.17) is 9.84 Å². The molecule has 1 heterocycles. The van der Waals surface area contributed by atoms with Gasteiger partial charge in [0.25, 0.3) is 0 Å². The zero-order valence-electron chi connectivity index (χ0n) is 18.0. The van der Waals surface area contributed by atoms with Crippen LogP contribution in [0.3, 0.4) is 0 Å². The molecule has 0 bridgehead atoms. The number of unbranched alkanes of at least 4 members (excludes halogenated alkanes) is 3. The van der Waals surface area contributed by atoms with Gasteiger partial charge in [-0.2, -0.15) is 0 Å². The number of benzene rings is 1. The molecule has 1 aliphatic heterocycles. The number of carbonyl (C=O) groups excluding carboxylic acids is 1. The molecule has 2 atom stereocenters. The Morgan fingerprint density at radius 1 is 1.27 bits per heavy atom. The largest absolute Gasteiger partial charge is 0.481 e. The Balaban J connectivity index is 1.83. The van der Waals surface area contributed by atoms with E-state index < -0.39 is 12.1 Å². The van der Waals surface area contributed by atoms with Crippen molar-refractivity contribution in [3.05, 3.63) is 47.5 Å². The lowest BCUT2D eigenvalue weighted by Crippen LogP contribution is -2.43. The second kappa shape index (κ2) is 13.2. The molecule has 1 aromatic carbocycles. The summed E-state index contributed by atoms with van der Waals surface area (Å²) in [5, 5.41) is 19.1. The van der Waals surface area contributed by atoms with Gasteiger partial charge in [-0.15, -0.1) is 0 Å². The number of aliphatic hydroxyl groups excluding tert-OH is 1. The first-order valence-electron chi connectivity index (χ1n) is 10.9. The molecule has 0 spiro atoms. The summed E-state index contributed by atoms with van der Waals surface area (Å²) in [6, 6.07) is 8.04. The fourth-order valence-corrected chi connectivity index (χ4v) is 3.93. The summed E-state index contributed by atoms with van der Waals surface area (Å²) >= 11 is 0. The van der Waals surface area contributed by atoms with Crippen LogP contribution in [0.25, 0.3) is 0 Å². The van der Waals surface area contributed by atoms with E-state index >= 15 is 0 Å². The molecular formula is C24H35NO5. The molecule has 0 radical (unpaired) electrons. The van der Waals surface area contributed by atoms with E-state index in [0.29, 0.717) is 32.4 Å². The highest BCUT2D eigenvalue weighted by atomic mass is 16.5. The Morgan fingerprint density at radius 3 is 2.80 bits per heavy atom. The van der Waals surface area contributed by atoms with Crippen molar-refractivity contribution < 1.29 is 24.5 Å². The summed E-state index contributed by atoms with van der Waals surface area (Å²) in [4.78, 5) is 24.9. The van der Waals surface area contributed by atoms with Crippen LogP contribution < -0.4 is 0 Å². The van der Waals surface area contributed by atoms with Gasteiger partial charge in [0.05, 0.1) is 18.8 Å². The molecule has 0 unspecified atom stereocenters. The quantitative estimate of drug-likeness (QED) is 0.377. The van der Waals surface area contributed by atoms with E-state index in [9.17, 15) is 14.7 Å². The van der Waals surface area contributed by atoms with Gasteiger partial charge in [0, 0.05) is 32.9 Å². The third-order valence-corrected chi connectivity index (χ3v) is 5.45. The number of carbonyl (C=O) groups is 2. The molecule has 6 heteroatoms. The van der Waals surface area contributed by atoms with E-state index in [1.54, 1.807) is 7.11 Å². The normalized spacial score (nSPS) is 18.1. The summed E-state index contributed by atoms with van der Waals surface area (Å²) in [5.41, 5.74) is 2.14. The number of hydrogen-bond acceptors (Lipinski definition) is 4. The number of aliphatic hydroxyl groups is 1. The molecule has 166 valence electrons. The van der Waals surface area contributed by atoms with E-state index in [1.807, 2.05) is 41.3 Å². The maximum atomic E-state index is 12.4. The van der Waals surface area contributed by atoms with Crippen LogP contribution in [-0.2, 0) is 27.4 Å². The standard InChI is InChI=1S/C24H35NO5/c1-30-18-20-9-6-8-19(16-20)17-22(26)14-13-21-10-7-11-23(27)25(21)15-5-3-2-4-12-24(28)29/h6,8-9,13-14,16,21-22,26H,2-5,7,10-12,15,17-18H2,1H3,(H,28,29)/t21-,22-/m1/s1. The number of likely N-dealkylation sites (tertiary alicyclic amines) is 1.